The van der Waals surface area contributed by atoms with Gasteiger partial charge in [-0.3, -0.25) is 0 Å². The smallest absolute Gasteiger partial charge is 0.0246 e. The molecule has 0 atom stereocenters. The van der Waals surface area contributed by atoms with Gasteiger partial charge < -0.3 is 0 Å². The van der Waals surface area contributed by atoms with Gasteiger partial charge in [0.2, 0.25) is 0 Å². The fourth-order valence-electron chi connectivity index (χ4n) is 1.48. The van der Waals surface area contributed by atoms with Gasteiger partial charge in [0.1, 0.15) is 0 Å². The topological polar surface area (TPSA) is 0 Å². The summed E-state index contributed by atoms with van der Waals surface area (Å²) in [5.41, 5.74) is 1.13. The van der Waals surface area contributed by atoms with Gasteiger partial charge in [-0.25, -0.2) is 0 Å². The second-order valence-corrected chi connectivity index (χ2v) is 4.72. The molecule has 1 rings (SSSR count). The zero-order valence-electron chi connectivity index (χ0n) is 10.3. The molecular formula is C15H20S. The highest BCUT2D eigenvalue weighted by molar-refractivity contribution is 7.98. The monoisotopic (exact) mass is 232 g/mol. The summed E-state index contributed by atoms with van der Waals surface area (Å²) in [5.74, 6) is 6.45. The molecular weight excluding hydrogens is 212 g/mol. The molecule has 1 aromatic carbocycles. The maximum absolute atomic E-state index is 3.24. The first-order chi connectivity index (χ1) is 7.86. The highest BCUT2D eigenvalue weighted by Gasteiger charge is 1.89. The van der Waals surface area contributed by atoms with Crippen molar-refractivity contribution in [3.63, 3.8) is 0 Å². The van der Waals surface area contributed by atoms with Gasteiger partial charge in [-0.15, -0.1) is 11.8 Å². The summed E-state index contributed by atoms with van der Waals surface area (Å²) in [4.78, 5) is 1.30. The average Bonchev–Trinajstić information content (AvgIpc) is 2.34. The van der Waals surface area contributed by atoms with Gasteiger partial charge in [0.15, 0.2) is 0 Å². The predicted molar refractivity (Wildman–Crippen MR) is 73.9 cm³/mol. The lowest BCUT2D eigenvalue weighted by atomic mass is 10.1. The van der Waals surface area contributed by atoms with Crippen LogP contribution in [0.1, 0.15) is 44.6 Å². The third-order valence-corrected chi connectivity index (χ3v) is 3.22. The average molecular weight is 232 g/mol. The van der Waals surface area contributed by atoms with Gasteiger partial charge in [0.25, 0.3) is 0 Å². The quantitative estimate of drug-likeness (QED) is 0.402. The van der Waals surface area contributed by atoms with E-state index in [1.165, 1.54) is 30.6 Å². The Morgan fingerprint density at radius 1 is 1.06 bits per heavy atom. The molecule has 0 N–H and O–H groups in total. The van der Waals surface area contributed by atoms with Gasteiger partial charge in [0.05, 0.1) is 0 Å². The zero-order valence-corrected chi connectivity index (χ0v) is 11.1. The highest BCUT2D eigenvalue weighted by atomic mass is 32.2. The molecule has 0 bridgehead atoms. The number of benzene rings is 1. The lowest BCUT2D eigenvalue weighted by Crippen LogP contribution is -1.76. The molecule has 0 saturated heterocycles. The van der Waals surface area contributed by atoms with Crippen molar-refractivity contribution in [3.05, 3.63) is 29.8 Å². The van der Waals surface area contributed by atoms with E-state index in [0.717, 1.165) is 12.0 Å². The van der Waals surface area contributed by atoms with Crippen LogP contribution in [0, 0.1) is 11.8 Å². The third-order valence-electron chi connectivity index (χ3n) is 2.48. The SMILES string of the molecule is CCCCCCC#Cc1ccc(SC)cc1. The van der Waals surface area contributed by atoms with Crippen LogP contribution in [0.2, 0.25) is 0 Å². The van der Waals surface area contributed by atoms with Gasteiger partial charge in [-0.1, -0.05) is 38.0 Å². The van der Waals surface area contributed by atoms with Crippen LogP contribution in [0.3, 0.4) is 0 Å². The van der Waals surface area contributed by atoms with E-state index in [9.17, 15) is 0 Å². The van der Waals surface area contributed by atoms with Gasteiger partial charge in [0, 0.05) is 16.9 Å². The second kappa shape index (κ2) is 8.30. The summed E-state index contributed by atoms with van der Waals surface area (Å²) in [6, 6.07) is 8.47. The number of thioether (sulfide) groups is 1. The Balaban J connectivity index is 2.32. The molecule has 1 heteroatoms. The van der Waals surface area contributed by atoms with Crippen LogP contribution in [-0.2, 0) is 0 Å². The highest BCUT2D eigenvalue weighted by Crippen LogP contribution is 2.14. The molecule has 0 nitrogen and oxygen atoms in total. The summed E-state index contributed by atoms with van der Waals surface area (Å²) in [6.45, 7) is 2.24. The van der Waals surface area contributed by atoms with Gasteiger partial charge in [-0.05, 0) is 36.9 Å². The molecule has 16 heavy (non-hydrogen) atoms. The Kier molecular flexibility index (Phi) is 6.85. The summed E-state index contributed by atoms with van der Waals surface area (Å²) >= 11 is 1.77. The molecule has 0 aliphatic heterocycles. The van der Waals surface area contributed by atoms with Crippen molar-refractivity contribution < 1.29 is 0 Å². The van der Waals surface area contributed by atoms with Crippen LogP contribution in [0.4, 0.5) is 0 Å². The van der Waals surface area contributed by atoms with Crippen molar-refractivity contribution in [2.45, 2.75) is 43.9 Å². The molecule has 0 aliphatic carbocycles. The van der Waals surface area contributed by atoms with Crippen LogP contribution >= 0.6 is 11.8 Å². The molecule has 1 aromatic rings. The molecule has 0 aliphatic rings. The molecule has 0 heterocycles. The standard InChI is InChI=1S/C15H20S/c1-3-4-5-6-7-8-9-14-10-12-15(16-2)13-11-14/h10-13H,3-7H2,1-2H3. The van der Waals surface area contributed by atoms with E-state index in [0.29, 0.717) is 0 Å². The van der Waals surface area contributed by atoms with Crippen molar-refractivity contribution in [3.8, 4) is 11.8 Å². The van der Waals surface area contributed by atoms with Gasteiger partial charge >= 0.3 is 0 Å². The van der Waals surface area contributed by atoms with Crippen molar-refractivity contribution in [2.75, 3.05) is 6.26 Å². The van der Waals surface area contributed by atoms with E-state index >= 15 is 0 Å². The Morgan fingerprint density at radius 2 is 1.81 bits per heavy atom. The molecule has 0 saturated carbocycles. The molecule has 86 valence electrons. The van der Waals surface area contributed by atoms with Crippen molar-refractivity contribution >= 4 is 11.8 Å². The zero-order chi connectivity index (χ0) is 11.6. The first-order valence-electron chi connectivity index (χ1n) is 5.99. The second-order valence-electron chi connectivity index (χ2n) is 3.84. The fraction of sp³-hybridized carbons (Fsp3) is 0.467. The minimum absolute atomic E-state index is 1.03. The van der Waals surface area contributed by atoms with E-state index in [-0.39, 0.29) is 0 Å². The summed E-state index contributed by atoms with van der Waals surface area (Å²) in [5, 5.41) is 0. The van der Waals surface area contributed by atoms with Crippen LogP contribution in [-0.4, -0.2) is 6.26 Å². The molecule has 0 amide bonds. The largest absolute Gasteiger partial charge is 0.130 e. The van der Waals surface area contributed by atoms with Crippen molar-refractivity contribution in [1.82, 2.24) is 0 Å². The number of unbranched alkanes of at least 4 members (excludes halogenated alkanes) is 4. The normalized spacial score (nSPS) is 9.62. The van der Waals surface area contributed by atoms with E-state index in [4.69, 9.17) is 0 Å². The first-order valence-corrected chi connectivity index (χ1v) is 7.22. The summed E-state index contributed by atoms with van der Waals surface area (Å²) in [6.07, 6.45) is 8.31. The van der Waals surface area contributed by atoms with Crippen molar-refractivity contribution in [2.24, 2.45) is 0 Å². The van der Waals surface area contributed by atoms with Crippen LogP contribution in [0.15, 0.2) is 29.2 Å². The maximum atomic E-state index is 3.24. The van der Waals surface area contributed by atoms with E-state index < -0.39 is 0 Å². The fourth-order valence-corrected chi connectivity index (χ4v) is 1.89. The summed E-state index contributed by atoms with van der Waals surface area (Å²) in [7, 11) is 0. The Morgan fingerprint density at radius 3 is 2.44 bits per heavy atom. The Bertz CT molecular complexity index is 340. The molecule has 0 fully saturated rings. The molecule has 0 radical (unpaired) electrons. The van der Waals surface area contributed by atoms with Crippen LogP contribution in [0.25, 0.3) is 0 Å². The molecule has 0 unspecified atom stereocenters. The predicted octanol–water partition coefficient (Wildman–Crippen LogP) is 4.73. The maximum Gasteiger partial charge on any atom is 0.0246 e. The number of hydrogen-bond acceptors (Lipinski definition) is 1. The van der Waals surface area contributed by atoms with E-state index in [1.807, 2.05) is 0 Å². The summed E-state index contributed by atoms with van der Waals surface area (Å²) < 4.78 is 0. The first kappa shape index (κ1) is 13.2. The van der Waals surface area contributed by atoms with Crippen LogP contribution < -0.4 is 0 Å². The van der Waals surface area contributed by atoms with Gasteiger partial charge in [-0.2, -0.15) is 0 Å². The Hall–Kier alpha value is -0.870. The third kappa shape index (κ3) is 5.28. The van der Waals surface area contributed by atoms with E-state index in [1.54, 1.807) is 11.8 Å². The number of hydrogen-bond donors (Lipinski definition) is 0. The van der Waals surface area contributed by atoms with E-state index in [2.05, 4.69) is 49.3 Å². The minimum Gasteiger partial charge on any atom is -0.130 e. The lowest BCUT2D eigenvalue weighted by molar-refractivity contribution is 0.679. The number of rotatable bonds is 5. The van der Waals surface area contributed by atoms with Crippen molar-refractivity contribution in [1.29, 1.82) is 0 Å². The van der Waals surface area contributed by atoms with Crippen LogP contribution in [0.5, 0.6) is 0 Å². The Labute approximate surface area is 104 Å². The lowest BCUT2D eigenvalue weighted by Gasteiger charge is -1.95. The molecule has 0 spiro atoms. The molecule has 0 aromatic heterocycles. The minimum atomic E-state index is 1.03.